The number of amides is 1. The Hall–Kier alpha value is -1.51. The molecule has 124 valence electrons. The van der Waals surface area contributed by atoms with Crippen molar-refractivity contribution in [3.05, 3.63) is 24.3 Å². The Bertz CT molecular complexity index is 427. The molecule has 0 radical (unpaired) electrons. The quantitative estimate of drug-likeness (QED) is 0.568. The van der Waals surface area contributed by atoms with Crippen LogP contribution in [-0.2, 0) is 4.79 Å². The van der Waals surface area contributed by atoms with Crippen molar-refractivity contribution in [2.45, 2.75) is 65.7 Å². The van der Waals surface area contributed by atoms with Gasteiger partial charge in [0, 0.05) is 30.9 Å². The molecular weight excluding hydrogens is 272 g/mol. The zero-order chi connectivity index (χ0) is 16.2. The summed E-state index contributed by atoms with van der Waals surface area (Å²) in [6.45, 7) is 8.47. The van der Waals surface area contributed by atoms with Crippen LogP contribution in [0.3, 0.4) is 0 Å². The lowest BCUT2D eigenvalue weighted by molar-refractivity contribution is -0.116. The van der Waals surface area contributed by atoms with Gasteiger partial charge in [0.05, 0.1) is 0 Å². The Morgan fingerprint density at radius 1 is 1.00 bits per heavy atom. The van der Waals surface area contributed by atoms with Crippen molar-refractivity contribution >= 4 is 17.3 Å². The van der Waals surface area contributed by atoms with Crippen molar-refractivity contribution in [2.24, 2.45) is 0 Å². The van der Waals surface area contributed by atoms with Crippen molar-refractivity contribution in [3.63, 3.8) is 0 Å². The summed E-state index contributed by atoms with van der Waals surface area (Å²) in [5.74, 6) is 0.132. The number of hydrogen-bond donors (Lipinski definition) is 1. The lowest BCUT2D eigenvalue weighted by atomic mass is 10.1. The van der Waals surface area contributed by atoms with Gasteiger partial charge in [0.1, 0.15) is 0 Å². The first-order chi connectivity index (χ1) is 10.7. The number of carbonyl (C=O) groups is 1. The van der Waals surface area contributed by atoms with Crippen LogP contribution < -0.4 is 10.2 Å². The Morgan fingerprint density at radius 3 is 2.36 bits per heavy atom. The molecule has 0 heterocycles. The van der Waals surface area contributed by atoms with Crippen LogP contribution in [0.4, 0.5) is 11.4 Å². The Balaban J connectivity index is 2.36. The molecule has 1 amide bonds. The van der Waals surface area contributed by atoms with Gasteiger partial charge in [-0.05, 0) is 38.5 Å². The van der Waals surface area contributed by atoms with E-state index in [9.17, 15) is 4.79 Å². The molecular formula is C19H32N2O. The van der Waals surface area contributed by atoms with E-state index >= 15 is 0 Å². The van der Waals surface area contributed by atoms with Crippen molar-refractivity contribution in [1.82, 2.24) is 0 Å². The molecule has 0 atom stereocenters. The number of benzene rings is 1. The van der Waals surface area contributed by atoms with Gasteiger partial charge in [-0.3, -0.25) is 4.79 Å². The molecule has 0 saturated carbocycles. The summed E-state index contributed by atoms with van der Waals surface area (Å²) in [6, 6.07) is 8.13. The van der Waals surface area contributed by atoms with Gasteiger partial charge in [0.2, 0.25) is 5.91 Å². The van der Waals surface area contributed by atoms with Crippen molar-refractivity contribution in [1.29, 1.82) is 0 Å². The molecule has 0 aromatic heterocycles. The average molecular weight is 304 g/mol. The predicted molar refractivity (Wildman–Crippen MR) is 96.6 cm³/mol. The third kappa shape index (κ3) is 6.97. The molecule has 0 fully saturated rings. The number of hydrogen-bond acceptors (Lipinski definition) is 2. The molecule has 0 spiro atoms. The molecule has 1 rings (SSSR count). The molecule has 0 aliphatic rings. The largest absolute Gasteiger partial charge is 0.372 e. The fraction of sp³-hybridized carbons (Fsp3) is 0.632. The standard InChI is InChI=1S/C19H32N2O/c1-4-7-8-9-10-11-15-19(22)20-17-13-12-14-18(16-17)21(5-2)6-3/h12-14,16H,4-11,15H2,1-3H3,(H,20,22). The van der Waals surface area contributed by atoms with E-state index in [1.54, 1.807) is 0 Å². The molecule has 1 aromatic rings. The number of unbranched alkanes of at least 4 members (excludes halogenated alkanes) is 5. The van der Waals surface area contributed by atoms with Gasteiger partial charge in [-0.2, -0.15) is 0 Å². The Labute approximate surface area is 136 Å². The Kier molecular flexibility index (Phi) is 9.36. The minimum absolute atomic E-state index is 0.132. The number of nitrogens with one attached hydrogen (secondary N) is 1. The van der Waals surface area contributed by atoms with Gasteiger partial charge in [-0.1, -0.05) is 45.1 Å². The maximum atomic E-state index is 12.0. The van der Waals surface area contributed by atoms with E-state index in [4.69, 9.17) is 0 Å². The summed E-state index contributed by atoms with van der Waals surface area (Å²) in [6.07, 6.45) is 7.90. The number of anilines is 2. The van der Waals surface area contributed by atoms with Crippen LogP contribution in [0, 0.1) is 0 Å². The highest BCUT2D eigenvalue weighted by molar-refractivity contribution is 5.91. The van der Waals surface area contributed by atoms with Crippen LogP contribution in [0.1, 0.15) is 65.7 Å². The molecule has 0 aliphatic carbocycles. The molecule has 1 N–H and O–H groups in total. The van der Waals surface area contributed by atoms with E-state index in [1.807, 2.05) is 12.1 Å². The third-order valence-electron chi connectivity index (χ3n) is 4.02. The molecule has 3 heteroatoms. The first-order valence-corrected chi connectivity index (χ1v) is 8.86. The maximum Gasteiger partial charge on any atom is 0.224 e. The van der Waals surface area contributed by atoms with E-state index in [0.29, 0.717) is 6.42 Å². The molecule has 0 bridgehead atoms. The van der Waals surface area contributed by atoms with Crippen LogP contribution >= 0.6 is 0 Å². The highest BCUT2D eigenvalue weighted by Gasteiger charge is 2.05. The van der Waals surface area contributed by atoms with E-state index < -0.39 is 0 Å². The zero-order valence-corrected chi connectivity index (χ0v) is 14.5. The fourth-order valence-electron chi connectivity index (χ4n) is 2.66. The van der Waals surface area contributed by atoms with Crippen LogP contribution in [-0.4, -0.2) is 19.0 Å². The van der Waals surface area contributed by atoms with Gasteiger partial charge in [-0.15, -0.1) is 0 Å². The molecule has 1 aromatic carbocycles. The smallest absolute Gasteiger partial charge is 0.224 e. The second-order valence-electron chi connectivity index (χ2n) is 5.79. The van der Waals surface area contributed by atoms with Crippen molar-refractivity contribution in [2.75, 3.05) is 23.3 Å². The van der Waals surface area contributed by atoms with Gasteiger partial charge in [-0.25, -0.2) is 0 Å². The van der Waals surface area contributed by atoms with E-state index in [1.165, 1.54) is 31.4 Å². The van der Waals surface area contributed by atoms with Crippen LogP contribution in [0.15, 0.2) is 24.3 Å². The van der Waals surface area contributed by atoms with Gasteiger partial charge in [0.25, 0.3) is 0 Å². The van der Waals surface area contributed by atoms with Crippen molar-refractivity contribution in [3.8, 4) is 0 Å². The second-order valence-corrected chi connectivity index (χ2v) is 5.79. The van der Waals surface area contributed by atoms with Crippen LogP contribution in [0.25, 0.3) is 0 Å². The number of rotatable bonds is 11. The summed E-state index contributed by atoms with van der Waals surface area (Å²) in [5, 5.41) is 3.02. The van der Waals surface area contributed by atoms with Crippen LogP contribution in [0.2, 0.25) is 0 Å². The average Bonchev–Trinajstić information content (AvgIpc) is 2.52. The summed E-state index contributed by atoms with van der Waals surface area (Å²) in [4.78, 5) is 14.3. The topological polar surface area (TPSA) is 32.3 Å². The zero-order valence-electron chi connectivity index (χ0n) is 14.5. The minimum Gasteiger partial charge on any atom is -0.372 e. The fourth-order valence-corrected chi connectivity index (χ4v) is 2.66. The molecule has 0 saturated heterocycles. The predicted octanol–water partition coefficient (Wildman–Crippen LogP) is 5.22. The molecule has 3 nitrogen and oxygen atoms in total. The maximum absolute atomic E-state index is 12.0. The number of nitrogens with zero attached hydrogens (tertiary/aromatic N) is 1. The van der Waals surface area contributed by atoms with Gasteiger partial charge < -0.3 is 10.2 Å². The normalized spacial score (nSPS) is 10.5. The highest BCUT2D eigenvalue weighted by atomic mass is 16.1. The molecule has 0 aliphatic heterocycles. The molecule has 0 unspecified atom stereocenters. The first kappa shape index (κ1) is 18.5. The molecule has 22 heavy (non-hydrogen) atoms. The van der Waals surface area contributed by atoms with E-state index in [-0.39, 0.29) is 5.91 Å². The first-order valence-electron chi connectivity index (χ1n) is 8.86. The summed E-state index contributed by atoms with van der Waals surface area (Å²) >= 11 is 0. The van der Waals surface area contributed by atoms with E-state index in [0.717, 1.165) is 31.6 Å². The van der Waals surface area contributed by atoms with Gasteiger partial charge >= 0.3 is 0 Å². The Morgan fingerprint density at radius 2 is 1.68 bits per heavy atom. The third-order valence-corrected chi connectivity index (χ3v) is 4.02. The van der Waals surface area contributed by atoms with Crippen molar-refractivity contribution < 1.29 is 4.79 Å². The number of carbonyl (C=O) groups excluding carboxylic acids is 1. The lowest BCUT2D eigenvalue weighted by Crippen LogP contribution is -2.22. The van der Waals surface area contributed by atoms with Crippen LogP contribution in [0.5, 0.6) is 0 Å². The monoisotopic (exact) mass is 304 g/mol. The summed E-state index contributed by atoms with van der Waals surface area (Å²) in [7, 11) is 0. The van der Waals surface area contributed by atoms with Gasteiger partial charge in [0.15, 0.2) is 0 Å². The minimum atomic E-state index is 0.132. The lowest BCUT2D eigenvalue weighted by Gasteiger charge is -2.21. The summed E-state index contributed by atoms with van der Waals surface area (Å²) in [5.41, 5.74) is 2.07. The summed E-state index contributed by atoms with van der Waals surface area (Å²) < 4.78 is 0. The highest BCUT2D eigenvalue weighted by Crippen LogP contribution is 2.19. The van der Waals surface area contributed by atoms with E-state index in [2.05, 4.69) is 43.1 Å². The SMILES string of the molecule is CCCCCCCCC(=O)Nc1cccc(N(CC)CC)c1. The second kappa shape index (κ2) is 11.1.